The molecule has 2 amide bonds. The molecule has 1 saturated carbocycles. The van der Waals surface area contributed by atoms with Crippen LogP contribution >= 0.6 is 11.6 Å². The largest absolute Gasteiger partial charge is 0.416 e. The molecule has 4 rings (SSSR count). The van der Waals surface area contributed by atoms with Crippen LogP contribution in [-0.4, -0.2) is 32.8 Å². The standard InChI is InChI=1S/C28H27ClF3N3O4S/c29-23-16-15-19(28(30,31)32)17-25(23)35(40(38,39)21-11-5-2-6-12-21)18-26(36)34-24-14-8-7-13-22(24)27(37)33-20-9-3-1-4-10-20/h2,5-8,11-17,20H,1,3-4,9-10,18H2,(H,33,37)(H,34,36). The van der Waals surface area contributed by atoms with Crippen molar-refractivity contribution in [1.82, 2.24) is 5.32 Å². The number of anilines is 2. The Morgan fingerprint density at radius 3 is 2.25 bits per heavy atom. The van der Waals surface area contributed by atoms with Crippen molar-refractivity contribution >= 4 is 44.8 Å². The van der Waals surface area contributed by atoms with Gasteiger partial charge < -0.3 is 10.6 Å². The average Bonchev–Trinajstić information content (AvgIpc) is 2.93. The summed E-state index contributed by atoms with van der Waals surface area (Å²) in [7, 11) is -4.53. The number of nitrogens with zero attached hydrogens (tertiary/aromatic N) is 1. The van der Waals surface area contributed by atoms with Crippen molar-refractivity contribution in [2.45, 2.75) is 49.2 Å². The van der Waals surface area contributed by atoms with Crippen molar-refractivity contribution in [1.29, 1.82) is 0 Å². The van der Waals surface area contributed by atoms with Crippen LogP contribution in [0.1, 0.15) is 48.0 Å². The van der Waals surface area contributed by atoms with Gasteiger partial charge in [0.05, 0.1) is 32.4 Å². The van der Waals surface area contributed by atoms with Gasteiger partial charge >= 0.3 is 6.18 Å². The van der Waals surface area contributed by atoms with Crippen LogP contribution < -0.4 is 14.9 Å². The molecule has 7 nitrogen and oxygen atoms in total. The third kappa shape index (κ3) is 6.95. The fourth-order valence-corrected chi connectivity index (χ4v) is 6.24. The maximum atomic E-state index is 13.6. The van der Waals surface area contributed by atoms with Crippen molar-refractivity contribution in [2.24, 2.45) is 0 Å². The van der Waals surface area contributed by atoms with Crippen molar-refractivity contribution in [3.05, 3.63) is 88.9 Å². The summed E-state index contributed by atoms with van der Waals surface area (Å²) in [5.74, 6) is -1.27. The molecule has 0 saturated heterocycles. The zero-order chi connectivity index (χ0) is 28.9. The topological polar surface area (TPSA) is 95.6 Å². The number of sulfonamides is 1. The van der Waals surface area contributed by atoms with E-state index in [1.54, 1.807) is 18.2 Å². The fourth-order valence-electron chi connectivity index (χ4n) is 4.52. The van der Waals surface area contributed by atoms with Gasteiger partial charge in [-0.1, -0.05) is 61.2 Å². The number of para-hydroxylation sites is 1. The van der Waals surface area contributed by atoms with E-state index in [4.69, 9.17) is 11.6 Å². The molecule has 0 bridgehead atoms. The number of hydrogen-bond acceptors (Lipinski definition) is 4. The predicted octanol–water partition coefficient (Wildman–Crippen LogP) is 6.26. The minimum atomic E-state index is -4.78. The highest BCUT2D eigenvalue weighted by Gasteiger charge is 2.34. The maximum absolute atomic E-state index is 13.6. The second-order valence-corrected chi connectivity index (χ2v) is 11.7. The molecule has 1 aliphatic carbocycles. The van der Waals surface area contributed by atoms with Crippen LogP contribution in [0.15, 0.2) is 77.7 Å². The Morgan fingerprint density at radius 1 is 0.925 bits per heavy atom. The SMILES string of the molecule is O=C(CN(c1cc(C(F)(F)F)ccc1Cl)S(=O)(=O)c1ccccc1)Nc1ccccc1C(=O)NC1CCCCC1. The van der Waals surface area contributed by atoms with Gasteiger partial charge in [0.15, 0.2) is 0 Å². The van der Waals surface area contributed by atoms with E-state index in [2.05, 4.69) is 10.6 Å². The highest BCUT2D eigenvalue weighted by Crippen LogP contribution is 2.37. The van der Waals surface area contributed by atoms with Gasteiger partial charge in [0.2, 0.25) is 5.91 Å². The molecule has 0 unspecified atom stereocenters. The number of benzene rings is 3. The van der Waals surface area contributed by atoms with E-state index in [1.807, 2.05) is 0 Å². The Labute approximate surface area is 235 Å². The van der Waals surface area contributed by atoms with Crippen LogP contribution in [0.5, 0.6) is 0 Å². The highest BCUT2D eigenvalue weighted by molar-refractivity contribution is 7.92. The zero-order valence-corrected chi connectivity index (χ0v) is 22.8. The second-order valence-electron chi connectivity index (χ2n) is 9.39. The maximum Gasteiger partial charge on any atom is 0.416 e. The molecule has 0 radical (unpaired) electrons. The average molecular weight is 594 g/mol. The van der Waals surface area contributed by atoms with Gasteiger partial charge in [0.1, 0.15) is 6.54 Å². The lowest BCUT2D eigenvalue weighted by Gasteiger charge is -2.26. The summed E-state index contributed by atoms with van der Waals surface area (Å²) >= 11 is 6.18. The van der Waals surface area contributed by atoms with Gasteiger partial charge in [-0.05, 0) is 55.3 Å². The summed E-state index contributed by atoms with van der Waals surface area (Å²) in [5.41, 5.74) is -1.34. The molecular formula is C28H27ClF3N3O4S. The van der Waals surface area contributed by atoms with Crippen molar-refractivity contribution in [3.8, 4) is 0 Å². The third-order valence-electron chi connectivity index (χ3n) is 6.55. The minimum absolute atomic E-state index is 0.0135. The summed E-state index contributed by atoms with van der Waals surface area (Å²) in [6.45, 7) is -0.906. The molecule has 3 aromatic rings. The van der Waals surface area contributed by atoms with Crippen LogP contribution in [0, 0.1) is 0 Å². The number of hydrogen-bond donors (Lipinski definition) is 2. The number of carbonyl (C=O) groups excluding carboxylic acids is 2. The Hall–Kier alpha value is -3.57. The molecule has 1 aliphatic rings. The Morgan fingerprint density at radius 2 is 1.57 bits per heavy atom. The van der Waals surface area contributed by atoms with E-state index in [0.717, 1.165) is 44.2 Å². The van der Waals surface area contributed by atoms with Gasteiger partial charge in [0, 0.05) is 6.04 Å². The summed E-state index contributed by atoms with van der Waals surface area (Å²) in [5, 5.41) is 5.22. The monoisotopic (exact) mass is 593 g/mol. The summed E-state index contributed by atoms with van der Waals surface area (Å²) in [6.07, 6.45) is 0.0423. The molecule has 0 atom stereocenters. The Balaban J connectivity index is 1.65. The lowest BCUT2D eigenvalue weighted by Crippen LogP contribution is -2.39. The number of carbonyl (C=O) groups is 2. The summed E-state index contributed by atoms with van der Waals surface area (Å²) in [6, 6.07) is 15.5. The van der Waals surface area contributed by atoms with Crippen LogP contribution in [0.2, 0.25) is 5.02 Å². The predicted molar refractivity (Wildman–Crippen MR) is 147 cm³/mol. The molecule has 0 aliphatic heterocycles. The molecule has 40 heavy (non-hydrogen) atoms. The van der Waals surface area contributed by atoms with E-state index in [0.29, 0.717) is 10.4 Å². The molecule has 0 spiro atoms. The molecule has 0 aromatic heterocycles. The minimum Gasteiger partial charge on any atom is -0.349 e. The van der Waals surface area contributed by atoms with Gasteiger partial charge in [-0.2, -0.15) is 13.2 Å². The smallest absolute Gasteiger partial charge is 0.349 e. The number of alkyl halides is 3. The van der Waals surface area contributed by atoms with Crippen molar-refractivity contribution in [2.75, 3.05) is 16.2 Å². The number of rotatable bonds is 8. The number of nitrogens with one attached hydrogen (secondary N) is 2. The normalized spacial score (nSPS) is 14.4. The first-order valence-corrected chi connectivity index (χ1v) is 14.4. The lowest BCUT2D eigenvalue weighted by atomic mass is 9.95. The molecular weight excluding hydrogens is 567 g/mol. The molecule has 2 N–H and O–H groups in total. The van der Waals surface area contributed by atoms with E-state index < -0.39 is 45.8 Å². The highest BCUT2D eigenvalue weighted by atomic mass is 35.5. The van der Waals surface area contributed by atoms with Crippen LogP contribution in [0.25, 0.3) is 0 Å². The molecule has 1 fully saturated rings. The van der Waals surface area contributed by atoms with E-state index in [-0.39, 0.29) is 27.2 Å². The molecule has 212 valence electrons. The molecule has 12 heteroatoms. The van der Waals surface area contributed by atoms with Crippen molar-refractivity contribution < 1.29 is 31.2 Å². The number of halogens is 4. The van der Waals surface area contributed by atoms with Gasteiger partial charge in [0.25, 0.3) is 15.9 Å². The van der Waals surface area contributed by atoms with Gasteiger partial charge in [-0.25, -0.2) is 8.42 Å². The van der Waals surface area contributed by atoms with Gasteiger partial charge in [-0.15, -0.1) is 0 Å². The Bertz CT molecular complexity index is 1480. The fraction of sp³-hybridized carbons (Fsp3) is 0.286. The van der Waals surface area contributed by atoms with Crippen LogP contribution in [0.4, 0.5) is 24.5 Å². The number of amides is 2. The third-order valence-corrected chi connectivity index (χ3v) is 8.64. The molecule has 0 heterocycles. The first-order chi connectivity index (χ1) is 19.0. The Kier molecular flexibility index (Phi) is 9.05. The quantitative estimate of drug-likeness (QED) is 0.322. The first kappa shape index (κ1) is 29.4. The summed E-state index contributed by atoms with van der Waals surface area (Å²) in [4.78, 5) is 26.0. The summed E-state index contributed by atoms with van der Waals surface area (Å²) < 4.78 is 68.1. The first-order valence-electron chi connectivity index (χ1n) is 12.6. The van der Waals surface area contributed by atoms with Gasteiger partial charge in [-0.3, -0.25) is 13.9 Å². The lowest BCUT2D eigenvalue weighted by molar-refractivity contribution is -0.137. The van der Waals surface area contributed by atoms with Crippen LogP contribution in [-0.2, 0) is 21.0 Å². The second kappa shape index (κ2) is 12.3. The van der Waals surface area contributed by atoms with E-state index >= 15 is 0 Å². The van der Waals surface area contributed by atoms with E-state index in [9.17, 15) is 31.2 Å². The van der Waals surface area contributed by atoms with Crippen LogP contribution in [0.3, 0.4) is 0 Å². The van der Waals surface area contributed by atoms with Crippen molar-refractivity contribution in [3.63, 3.8) is 0 Å². The van der Waals surface area contributed by atoms with E-state index in [1.165, 1.54) is 36.4 Å². The molecule has 3 aromatic carbocycles. The zero-order valence-electron chi connectivity index (χ0n) is 21.2.